The molecule has 134 valence electrons. The Kier molecular flexibility index (Phi) is 5.27. The molecule has 2 aromatic carbocycles. The Labute approximate surface area is 149 Å². The molecule has 2 aromatic rings. The number of hydrogen-bond donors (Lipinski definition) is 0. The average molecular weight is 360 g/mol. The van der Waals surface area contributed by atoms with Crippen LogP contribution in [-0.2, 0) is 25.7 Å². The van der Waals surface area contributed by atoms with Gasteiger partial charge in [0, 0.05) is 6.42 Å². The Balaban J connectivity index is 1.92. The number of ether oxygens (including phenoxy) is 2. The first kappa shape index (κ1) is 18.1. The molecular formula is C20H24O4S. The summed E-state index contributed by atoms with van der Waals surface area (Å²) in [6.45, 7) is 4.76. The summed E-state index contributed by atoms with van der Waals surface area (Å²) < 4.78 is 37.9. The Morgan fingerprint density at radius 1 is 1.00 bits per heavy atom. The molecule has 0 amide bonds. The molecule has 0 aromatic heterocycles. The van der Waals surface area contributed by atoms with Crippen molar-refractivity contribution in [2.45, 2.75) is 42.6 Å². The number of benzene rings is 2. The predicted octanol–water partition coefficient (Wildman–Crippen LogP) is 3.53. The topological polar surface area (TPSA) is 52.6 Å². The number of hydrogen-bond acceptors (Lipinski definition) is 4. The molecule has 1 unspecified atom stereocenters. The van der Waals surface area contributed by atoms with Crippen LogP contribution in [0, 0.1) is 6.92 Å². The van der Waals surface area contributed by atoms with Gasteiger partial charge in [-0.25, -0.2) is 8.42 Å². The third kappa shape index (κ3) is 4.29. The molecule has 1 heterocycles. The van der Waals surface area contributed by atoms with E-state index in [1.54, 1.807) is 12.1 Å². The van der Waals surface area contributed by atoms with Crippen LogP contribution < -0.4 is 0 Å². The quantitative estimate of drug-likeness (QED) is 0.791. The molecule has 0 spiro atoms. The lowest BCUT2D eigenvalue weighted by molar-refractivity contribution is -0.146. The summed E-state index contributed by atoms with van der Waals surface area (Å²) in [6.07, 6.45) is 0.734. The lowest BCUT2D eigenvalue weighted by Gasteiger charge is -2.28. The van der Waals surface area contributed by atoms with Gasteiger partial charge in [-0.15, -0.1) is 0 Å². The minimum atomic E-state index is -3.50. The van der Waals surface area contributed by atoms with E-state index in [-0.39, 0.29) is 0 Å². The van der Waals surface area contributed by atoms with Crippen LogP contribution in [0.5, 0.6) is 0 Å². The fraction of sp³-hybridized carbons (Fsp3) is 0.400. The summed E-state index contributed by atoms with van der Waals surface area (Å²) in [7, 11) is -3.50. The van der Waals surface area contributed by atoms with E-state index >= 15 is 0 Å². The molecule has 0 bridgehead atoms. The summed E-state index contributed by atoms with van der Waals surface area (Å²) in [6, 6.07) is 16.7. The fourth-order valence-electron chi connectivity index (χ4n) is 3.18. The summed E-state index contributed by atoms with van der Waals surface area (Å²) in [4.78, 5) is 0.348. The first-order chi connectivity index (χ1) is 11.9. The standard InChI is InChI=1S/C20H24O4S/c1-16-8-10-18(11-9-16)25(21,22)19(14-17-6-4-3-5-7-17)15-20(2)23-12-13-24-20/h3-11,19H,12-15H2,1-2H3. The molecule has 4 nitrogen and oxygen atoms in total. The fourth-order valence-corrected chi connectivity index (χ4v) is 5.01. The van der Waals surface area contributed by atoms with Crippen molar-refractivity contribution in [3.05, 3.63) is 65.7 Å². The highest BCUT2D eigenvalue weighted by Crippen LogP contribution is 2.31. The van der Waals surface area contributed by atoms with Crippen molar-refractivity contribution in [2.75, 3.05) is 13.2 Å². The Morgan fingerprint density at radius 2 is 1.60 bits per heavy atom. The normalized spacial score (nSPS) is 18.2. The highest BCUT2D eigenvalue weighted by molar-refractivity contribution is 7.92. The van der Waals surface area contributed by atoms with Gasteiger partial charge in [0.2, 0.25) is 0 Å². The largest absolute Gasteiger partial charge is 0.348 e. The average Bonchev–Trinajstić information content (AvgIpc) is 3.02. The SMILES string of the molecule is Cc1ccc(S(=O)(=O)C(Cc2ccccc2)CC2(C)OCCO2)cc1. The molecule has 0 radical (unpaired) electrons. The van der Waals surface area contributed by atoms with Crippen molar-refractivity contribution in [2.24, 2.45) is 0 Å². The second-order valence-electron chi connectivity index (χ2n) is 6.70. The number of rotatable bonds is 6. The van der Waals surface area contributed by atoms with Crippen LogP contribution in [0.15, 0.2) is 59.5 Å². The molecular weight excluding hydrogens is 336 g/mol. The van der Waals surface area contributed by atoms with Crippen LogP contribution in [0.2, 0.25) is 0 Å². The minimum Gasteiger partial charge on any atom is -0.348 e. The van der Waals surface area contributed by atoms with Crippen LogP contribution in [0.4, 0.5) is 0 Å². The third-order valence-electron chi connectivity index (χ3n) is 4.59. The summed E-state index contributed by atoms with van der Waals surface area (Å²) in [5.41, 5.74) is 2.03. The maximum atomic E-state index is 13.3. The molecule has 0 saturated carbocycles. The van der Waals surface area contributed by atoms with E-state index in [0.29, 0.717) is 31.0 Å². The molecule has 5 heteroatoms. The molecule has 1 saturated heterocycles. The van der Waals surface area contributed by atoms with Gasteiger partial charge in [-0.1, -0.05) is 48.0 Å². The van der Waals surface area contributed by atoms with E-state index in [1.165, 1.54) is 0 Å². The van der Waals surface area contributed by atoms with E-state index in [9.17, 15) is 8.42 Å². The zero-order chi connectivity index (χ0) is 17.9. The van der Waals surface area contributed by atoms with Gasteiger partial charge in [0.05, 0.1) is 23.4 Å². The van der Waals surface area contributed by atoms with Gasteiger partial charge < -0.3 is 9.47 Å². The van der Waals surface area contributed by atoms with Crippen LogP contribution in [-0.4, -0.2) is 32.7 Å². The summed E-state index contributed by atoms with van der Waals surface area (Å²) in [5.74, 6) is -0.850. The van der Waals surface area contributed by atoms with Crippen molar-refractivity contribution >= 4 is 9.84 Å². The molecule has 25 heavy (non-hydrogen) atoms. The monoisotopic (exact) mass is 360 g/mol. The number of aryl methyl sites for hydroxylation is 1. The molecule has 0 aliphatic carbocycles. The number of sulfone groups is 1. The van der Waals surface area contributed by atoms with Crippen molar-refractivity contribution in [1.29, 1.82) is 0 Å². The Morgan fingerprint density at radius 3 is 2.20 bits per heavy atom. The lowest BCUT2D eigenvalue weighted by Crippen LogP contribution is -2.36. The molecule has 1 aliphatic heterocycles. The van der Waals surface area contributed by atoms with E-state index in [1.807, 2.05) is 56.3 Å². The van der Waals surface area contributed by atoms with Crippen LogP contribution >= 0.6 is 0 Å². The summed E-state index contributed by atoms with van der Waals surface area (Å²) >= 11 is 0. The van der Waals surface area contributed by atoms with Crippen molar-refractivity contribution in [1.82, 2.24) is 0 Å². The maximum absolute atomic E-state index is 13.3. The van der Waals surface area contributed by atoms with E-state index in [0.717, 1.165) is 11.1 Å². The van der Waals surface area contributed by atoms with Gasteiger partial charge >= 0.3 is 0 Å². The van der Waals surface area contributed by atoms with Crippen molar-refractivity contribution in [3.63, 3.8) is 0 Å². The van der Waals surface area contributed by atoms with Gasteiger partial charge in [-0.3, -0.25) is 0 Å². The van der Waals surface area contributed by atoms with E-state index in [4.69, 9.17) is 9.47 Å². The smallest absolute Gasteiger partial charge is 0.181 e. The lowest BCUT2D eigenvalue weighted by atomic mass is 10.0. The van der Waals surface area contributed by atoms with Gasteiger partial charge in [-0.2, -0.15) is 0 Å². The first-order valence-corrected chi connectivity index (χ1v) is 10.1. The van der Waals surface area contributed by atoms with Crippen molar-refractivity contribution < 1.29 is 17.9 Å². The van der Waals surface area contributed by atoms with E-state index < -0.39 is 20.9 Å². The van der Waals surface area contributed by atoms with Gasteiger partial charge in [0.25, 0.3) is 0 Å². The molecule has 1 fully saturated rings. The van der Waals surface area contributed by atoms with Crippen LogP contribution in [0.25, 0.3) is 0 Å². The second-order valence-corrected chi connectivity index (χ2v) is 8.93. The zero-order valence-electron chi connectivity index (χ0n) is 14.6. The zero-order valence-corrected chi connectivity index (χ0v) is 15.5. The van der Waals surface area contributed by atoms with Crippen LogP contribution in [0.1, 0.15) is 24.5 Å². The molecule has 1 atom stereocenters. The van der Waals surface area contributed by atoms with Gasteiger partial charge in [-0.05, 0) is 38.0 Å². The first-order valence-electron chi connectivity index (χ1n) is 8.51. The Bertz CT molecular complexity index is 791. The Hall–Kier alpha value is -1.69. The van der Waals surface area contributed by atoms with Crippen LogP contribution in [0.3, 0.4) is 0 Å². The van der Waals surface area contributed by atoms with Gasteiger partial charge in [0.15, 0.2) is 15.6 Å². The maximum Gasteiger partial charge on any atom is 0.181 e. The molecule has 0 N–H and O–H groups in total. The molecule has 1 aliphatic rings. The second kappa shape index (κ2) is 7.28. The highest BCUT2D eigenvalue weighted by atomic mass is 32.2. The third-order valence-corrected chi connectivity index (χ3v) is 6.73. The highest BCUT2D eigenvalue weighted by Gasteiger charge is 2.39. The summed E-state index contributed by atoms with van der Waals surface area (Å²) in [5, 5.41) is -0.610. The predicted molar refractivity (Wildman–Crippen MR) is 97.2 cm³/mol. The van der Waals surface area contributed by atoms with Crippen molar-refractivity contribution in [3.8, 4) is 0 Å². The van der Waals surface area contributed by atoms with E-state index in [2.05, 4.69) is 0 Å². The molecule has 3 rings (SSSR count). The van der Waals surface area contributed by atoms with Gasteiger partial charge in [0.1, 0.15) is 0 Å². The minimum absolute atomic E-state index is 0.304.